The SMILES string of the molecule is c1ccc(-c2ccc(N(c3ccc(-c4ccc5oc6ccccc6c5c4)cc3)c3cccc(-c4ccc5c(c4)Oc4ccccc4C54c5ccccc5-c5ccccc54)c3)cc2)cc1. The first-order valence-corrected chi connectivity index (χ1v) is 21.9. The van der Waals surface area contributed by atoms with Gasteiger partial charge >= 0.3 is 0 Å². The first-order valence-electron chi connectivity index (χ1n) is 21.9. The summed E-state index contributed by atoms with van der Waals surface area (Å²) in [6, 6.07) is 85.0. The molecule has 3 nitrogen and oxygen atoms in total. The van der Waals surface area contributed by atoms with Gasteiger partial charge in [-0.15, -0.1) is 0 Å². The van der Waals surface area contributed by atoms with Crippen molar-refractivity contribution in [1.82, 2.24) is 0 Å². The summed E-state index contributed by atoms with van der Waals surface area (Å²) in [4.78, 5) is 2.35. The van der Waals surface area contributed by atoms with Gasteiger partial charge in [0.05, 0.1) is 5.41 Å². The van der Waals surface area contributed by atoms with E-state index in [9.17, 15) is 0 Å². The molecule has 300 valence electrons. The summed E-state index contributed by atoms with van der Waals surface area (Å²) in [6.07, 6.45) is 0. The van der Waals surface area contributed by atoms with E-state index in [-0.39, 0.29) is 0 Å². The van der Waals surface area contributed by atoms with E-state index in [1.54, 1.807) is 0 Å². The maximum absolute atomic E-state index is 6.89. The van der Waals surface area contributed by atoms with Crippen LogP contribution in [0.4, 0.5) is 17.1 Å². The molecule has 0 saturated heterocycles. The van der Waals surface area contributed by atoms with E-state index < -0.39 is 5.41 Å². The second-order valence-electron chi connectivity index (χ2n) is 16.8. The highest BCUT2D eigenvalue weighted by atomic mass is 16.5. The van der Waals surface area contributed by atoms with Crippen LogP contribution in [0.5, 0.6) is 11.5 Å². The number of ether oxygens (including phenoxy) is 1. The normalized spacial score (nSPS) is 12.9. The molecule has 0 N–H and O–H groups in total. The minimum Gasteiger partial charge on any atom is -0.457 e. The van der Waals surface area contributed by atoms with Crippen molar-refractivity contribution >= 4 is 39.0 Å². The van der Waals surface area contributed by atoms with Gasteiger partial charge in [-0.2, -0.15) is 0 Å². The Balaban J connectivity index is 0.916. The molecule has 3 heteroatoms. The van der Waals surface area contributed by atoms with E-state index in [1.807, 2.05) is 12.1 Å². The molecule has 0 fully saturated rings. The number of hydrogen-bond donors (Lipinski definition) is 0. The number of fused-ring (bicyclic) bond motifs is 12. The second-order valence-corrected chi connectivity index (χ2v) is 16.8. The second kappa shape index (κ2) is 14.3. The van der Waals surface area contributed by atoms with Crippen molar-refractivity contribution in [2.45, 2.75) is 5.41 Å². The summed E-state index contributed by atoms with van der Waals surface area (Å²) in [7, 11) is 0. The Morgan fingerprint density at radius 2 is 0.812 bits per heavy atom. The van der Waals surface area contributed by atoms with E-state index in [0.29, 0.717) is 0 Å². The van der Waals surface area contributed by atoms with Crippen molar-refractivity contribution in [2.24, 2.45) is 0 Å². The predicted octanol–water partition coefficient (Wildman–Crippen LogP) is 16.5. The van der Waals surface area contributed by atoms with Crippen LogP contribution < -0.4 is 9.64 Å². The number of nitrogens with zero attached hydrogens (tertiary/aromatic N) is 1. The van der Waals surface area contributed by atoms with Crippen LogP contribution in [0, 0.1) is 0 Å². The van der Waals surface area contributed by atoms with Gasteiger partial charge in [-0.05, 0) is 122 Å². The van der Waals surface area contributed by atoms with Crippen LogP contribution in [0.2, 0.25) is 0 Å². The lowest BCUT2D eigenvalue weighted by atomic mass is 9.66. The monoisotopic (exact) mass is 817 g/mol. The fourth-order valence-corrected chi connectivity index (χ4v) is 10.5. The molecule has 0 amide bonds. The van der Waals surface area contributed by atoms with E-state index in [2.05, 4.69) is 229 Å². The number of hydrogen-bond acceptors (Lipinski definition) is 3. The van der Waals surface area contributed by atoms with Gasteiger partial charge in [0.25, 0.3) is 0 Å². The highest BCUT2D eigenvalue weighted by Crippen LogP contribution is 2.62. The third-order valence-electron chi connectivity index (χ3n) is 13.4. The Morgan fingerprint density at radius 1 is 0.297 bits per heavy atom. The molecule has 0 unspecified atom stereocenters. The molecule has 1 aliphatic carbocycles. The van der Waals surface area contributed by atoms with Crippen molar-refractivity contribution < 1.29 is 9.15 Å². The number of furan rings is 1. The third kappa shape index (κ3) is 5.54. The predicted molar refractivity (Wildman–Crippen MR) is 262 cm³/mol. The maximum atomic E-state index is 6.89. The molecule has 1 aromatic heterocycles. The molecule has 0 bridgehead atoms. The summed E-state index contributed by atoms with van der Waals surface area (Å²) in [6.45, 7) is 0. The van der Waals surface area contributed by atoms with Gasteiger partial charge < -0.3 is 14.1 Å². The molecule has 13 rings (SSSR count). The Bertz CT molecular complexity index is 3540. The fraction of sp³-hybridized carbons (Fsp3) is 0.0164. The van der Waals surface area contributed by atoms with Gasteiger partial charge in [0, 0.05) is 39.0 Å². The molecule has 2 aliphatic rings. The van der Waals surface area contributed by atoms with Crippen molar-refractivity contribution in [3.05, 3.63) is 259 Å². The van der Waals surface area contributed by atoms with Crippen molar-refractivity contribution in [3.8, 4) is 56.0 Å². The number of para-hydroxylation sites is 2. The van der Waals surface area contributed by atoms with Crippen LogP contribution >= 0.6 is 0 Å². The highest BCUT2D eigenvalue weighted by Gasteiger charge is 2.50. The Morgan fingerprint density at radius 3 is 1.56 bits per heavy atom. The van der Waals surface area contributed by atoms with Crippen LogP contribution in [-0.2, 0) is 5.41 Å². The van der Waals surface area contributed by atoms with Crippen LogP contribution in [0.15, 0.2) is 241 Å². The van der Waals surface area contributed by atoms with Crippen molar-refractivity contribution in [3.63, 3.8) is 0 Å². The van der Waals surface area contributed by atoms with Gasteiger partial charge in [-0.3, -0.25) is 0 Å². The zero-order valence-corrected chi connectivity index (χ0v) is 34.8. The average molecular weight is 818 g/mol. The van der Waals surface area contributed by atoms with E-state index >= 15 is 0 Å². The lowest BCUT2D eigenvalue weighted by molar-refractivity contribution is 0.436. The Kier molecular flexibility index (Phi) is 8.13. The molecule has 2 heterocycles. The van der Waals surface area contributed by atoms with Gasteiger partial charge in [0.1, 0.15) is 22.7 Å². The van der Waals surface area contributed by atoms with E-state index in [1.165, 1.54) is 38.9 Å². The largest absolute Gasteiger partial charge is 0.457 e. The smallest absolute Gasteiger partial charge is 0.135 e. The molecule has 1 spiro atoms. The topological polar surface area (TPSA) is 25.6 Å². The summed E-state index contributed by atoms with van der Waals surface area (Å²) in [5, 5.41) is 2.25. The minimum atomic E-state index is -0.495. The first-order chi connectivity index (χ1) is 31.7. The van der Waals surface area contributed by atoms with Crippen molar-refractivity contribution in [2.75, 3.05) is 4.90 Å². The lowest BCUT2D eigenvalue weighted by Crippen LogP contribution is -2.32. The standard InChI is InChI=1S/C61H39NO2/c1-2-13-40(14-3-1)41-25-31-46(32-26-41)62(47-33-27-42(28-34-47)44-30-36-58-52(38-44)51-19-6-10-23-57(51)63-58)48-16-12-15-43(37-48)45-29-35-56-60(39-45)64-59-24-11-9-22-55(59)61(56)53-20-7-4-17-49(53)50-18-5-8-21-54(50)61/h1-39H. The summed E-state index contributed by atoms with van der Waals surface area (Å²) < 4.78 is 13.0. The highest BCUT2D eigenvalue weighted by molar-refractivity contribution is 6.06. The molecule has 64 heavy (non-hydrogen) atoms. The summed E-state index contributed by atoms with van der Waals surface area (Å²) in [5.74, 6) is 1.76. The molecular formula is C61H39NO2. The van der Waals surface area contributed by atoms with Crippen molar-refractivity contribution in [1.29, 1.82) is 0 Å². The van der Waals surface area contributed by atoms with Gasteiger partial charge in [-0.1, -0.05) is 170 Å². The van der Waals surface area contributed by atoms with Crippen LogP contribution in [0.25, 0.3) is 66.4 Å². The van der Waals surface area contributed by atoms with Crippen LogP contribution in [0.1, 0.15) is 22.3 Å². The third-order valence-corrected chi connectivity index (χ3v) is 13.4. The molecule has 1 aliphatic heterocycles. The first kappa shape index (κ1) is 36.3. The van der Waals surface area contributed by atoms with Gasteiger partial charge in [0.2, 0.25) is 0 Å². The minimum absolute atomic E-state index is 0.495. The zero-order chi connectivity index (χ0) is 42.2. The Hall–Kier alpha value is -8.40. The average Bonchev–Trinajstić information content (AvgIpc) is 3.88. The quantitative estimate of drug-likeness (QED) is 0.167. The molecule has 11 aromatic rings. The van der Waals surface area contributed by atoms with Crippen LogP contribution in [-0.4, -0.2) is 0 Å². The van der Waals surface area contributed by atoms with E-state index in [4.69, 9.17) is 9.15 Å². The summed E-state index contributed by atoms with van der Waals surface area (Å²) >= 11 is 0. The maximum Gasteiger partial charge on any atom is 0.135 e. The van der Waals surface area contributed by atoms with Crippen LogP contribution in [0.3, 0.4) is 0 Å². The Labute approximate surface area is 371 Å². The van der Waals surface area contributed by atoms with Gasteiger partial charge in [0.15, 0.2) is 0 Å². The molecule has 10 aromatic carbocycles. The fourth-order valence-electron chi connectivity index (χ4n) is 10.5. The molecule has 0 saturated carbocycles. The lowest BCUT2D eigenvalue weighted by Gasteiger charge is -2.39. The number of anilines is 3. The number of rotatable bonds is 6. The van der Waals surface area contributed by atoms with Gasteiger partial charge in [-0.25, -0.2) is 0 Å². The zero-order valence-electron chi connectivity index (χ0n) is 34.8. The summed E-state index contributed by atoms with van der Waals surface area (Å²) in [5.41, 5.74) is 18.8. The molecule has 0 atom stereocenters. The number of benzene rings is 10. The molecular weight excluding hydrogens is 779 g/mol. The van der Waals surface area contributed by atoms with E-state index in [0.717, 1.165) is 78.3 Å². The molecule has 0 radical (unpaired) electrons.